The van der Waals surface area contributed by atoms with Crippen molar-refractivity contribution in [3.8, 4) is 5.69 Å². The van der Waals surface area contributed by atoms with Crippen molar-refractivity contribution in [1.29, 1.82) is 0 Å². The zero-order valence-corrected chi connectivity index (χ0v) is 17.8. The number of imidazole rings is 1. The Balaban J connectivity index is 1.45. The third-order valence-electron chi connectivity index (χ3n) is 5.82. The van der Waals surface area contributed by atoms with Gasteiger partial charge >= 0.3 is 6.18 Å². The molecule has 4 aromatic rings. The van der Waals surface area contributed by atoms with Gasteiger partial charge in [-0.2, -0.15) is 13.2 Å². The van der Waals surface area contributed by atoms with Gasteiger partial charge in [-0.05, 0) is 50.2 Å². The van der Waals surface area contributed by atoms with E-state index in [-0.39, 0.29) is 36.3 Å². The molecular formula is C23H19F3N4O3. The van der Waals surface area contributed by atoms with Crippen LogP contribution in [0.25, 0.3) is 16.7 Å². The fourth-order valence-corrected chi connectivity index (χ4v) is 4.14. The van der Waals surface area contributed by atoms with Gasteiger partial charge in [0.25, 0.3) is 11.5 Å². The number of aryl methyl sites for hydroxylation is 1. The van der Waals surface area contributed by atoms with Gasteiger partial charge < -0.3 is 18.5 Å². The minimum Gasteiger partial charge on any atom is -0.459 e. The fourth-order valence-electron chi connectivity index (χ4n) is 4.14. The maximum absolute atomic E-state index is 13.2. The van der Waals surface area contributed by atoms with E-state index in [1.807, 2.05) is 13.8 Å². The first kappa shape index (κ1) is 21.0. The van der Waals surface area contributed by atoms with Gasteiger partial charge in [-0.25, -0.2) is 4.98 Å². The SMILES string of the molecule is Cc1cn(-c2ccc3n(c2=O)C[C@@H](C)N(Cc2cc4cc(C(F)(F)F)ccc4o2)C3=O)cn1. The number of aromatic nitrogens is 3. The molecule has 1 aromatic carbocycles. The van der Waals surface area contributed by atoms with Crippen LogP contribution in [0.2, 0.25) is 0 Å². The van der Waals surface area contributed by atoms with E-state index >= 15 is 0 Å². The lowest BCUT2D eigenvalue weighted by molar-refractivity contribution is -0.137. The van der Waals surface area contributed by atoms with Gasteiger partial charge in [0.2, 0.25) is 0 Å². The van der Waals surface area contributed by atoms with Gasteiger partial charge in [-0.15, -0.1) is 0 Å². The predicted octanol–water partition coefficient (Wildman–Crippen LogP) is 4.15. The number of furan rings is 1. The van der Waals surface area contributed by atoms with Crippen molar-refractivity contribution in [3.05, 3.63) is 82.0 Å². The molecule has 33 heavy (non-hydrogen) atoms. The van der Waals surface area contributed by atoms with E-state index in [0.717, 1.165) is 17.8 Å². The van der Waals surface area contributed by atoms with Crippen molar-refractivity contribution < 1.29 is 22.4 Å². The summed E-state index contributed by atoms with van der Waals surface area (Å²) in [4.78, 5) is 31.9. The predicted molar refractivity (Wildman–Crippen MR) is 113 cm³/mol. The number of hydrogen-bond acceptors (Lipinski definition) is 4. The molecule has 7 nitrogen and oxygen atoms in total. The van der Waals surface area contributed by atoms with Gasteiger partial charge in [0.15, 0.2) is 0 Å². The largest absolute Gasteiger partial charge is 0.459 e. The minimum absolute atomic E-state index is 0.0761. The summed E-state index contributed by atoms with van der Waals surface area (Å²) >= 11 is 0. The Kier molecular flexibility index (Phi) is 4.70. The van der Waals surface area contributed by atoms with Crippen LogP contribution in [-0.2, 0) is 19.3 Å². The summed E-state index contributed by atoms with van der Waals surface area (Å²) < 4.78 is 47.7. The number of pyridine rings is 1. The molecular weight excluding hydrogens is 437 g/mol. The second-order valence-electron chi connectivity index (χ2n) is 8.19. The van der Waals surface area contributed by atoms with E-state index in [0.29, 0.717) is 22.4 Å². The molecule has 0 bridgehead atoms. The lowest BCUT2D eigenvalue weighted by atomic mass is 10.1. The smallest absolute Gasteiger partial charge is 0.416 e. The van der Waals surface area contributed by atoms with Gasteiger partial charge in [0.1, 0.15) is 22.7 Å². The van der Waals surface area contributed by atoms with E-state index in [1.54, 1.807) is 34.1 Å². The number of carbonyl (C=O) groups is 1. The lowest BCUT2D eigenvalue weighted by Crippen LogP contribution is -2.49. The lowest BCUT2D eigenvalue weighted by Gasteiger charge is -2.35. The highest BCUT2D eigenvalue weighted by molar-refractivity contribution is 5.93. The Morgan fingerprint density at radius 3 is 2.64 bits per heavy atom. The molecule has 1 aliphatic heterocycles. The highest BCUT2D eigenvalue weighted by atomic mass is 19.4. The highest BCUT2D eigenvalue weighted by Gasteiger charge is 2.33. The quantitative estimate of drug-likeness (QED) is 0.464. The van der Waals surface area contributed by atoms with Crippen LogP contribution in [0.3, 0.4) is 0 Å². The van der Waals surface area contributed by atoms with Gasteiger partial charge in [-0.3, -0.25) is 9.59 Å². The molecule has 0 spiro atoms. The Hall–Kier alpha value is -3.82. The summed E-state index contributed by atoms with van der Waals surface area (Å²) in [6.07, 6.45) is -1.17. The van der Waals surface area contributed by atoms with E-state index in [2.05, 4.69) is 4.98 Å². The molecule has 0 N–H and O–H groups in total. The first-order valence-corrected chi connectivity index (χ1v) is 10.3. The van der Waals surface area contributed by atoms with Crippen molar-refractivity contribution in [3.63, 3.8) is 0 Å². The van der Waals surface area contributed by atoms with E-state index < -0.39 is 11.7 Å². The highest BCUT2D eigenvalue weighted by Crippen LogP contribution is 2.33. The van der Waals surface area contributed by atoms with Crippen LogP contribution in [0, 0.1) is 6.92 Å². The Bertz CT molecular complexity index is 1450. The molecule has 5 rings (SSSR count). The molecule has 0 fully saturated rings. The van der Waals surface area contributed by atoms with Gasteiger partial charge in [0, 0.05) is 24.2 Å². The van der Waals surface area contributed by atoms with Crippen molar-refractivity contribution in [2.75, 3.05) is 0 Å². The van der Waals surface area contributed by atoms with Gasteiger partial charge in [-0.1, -0.05) is 0 Å². The average Bonchev–Trinajstić information content (AvgIpc) is 3.36. The molecule has 170 valence electrons. The second-order valence-corrected chi connectivity index (χ2v) is 8.19. The molecule has 10 heteroatoms. The number of rotatable bonds is 3. The molecule has 0 saturated heterocycles. The van der Waals surface area contributed by atoms with Crippen LogP contribution in [0.5, 0.6) is 0 Å². The van der Waals surface area contributed by atoms with E-state index in [4.69, 9.17) is 4.42 Å². The zero-order chi connectivity index (χ0) is 23.5. The molecule has 4 heterocycles. The molecule has 0 unspecified atom stereocenters. The topological polar surface area (TPSA) is 73.3 Å². The maximum Gasteiger partial charge on any atom is 0.416 e. The fraction of sp³-hybridized carbons (Fsp3) is 0.261. The number of fused-ring (bicyclic) bond motifs is 2. The Labute approximate surface area is 185 Å². The van der Waals surface area contributed by atoms with Crippen LogP contribution >= 0.6 is 0 Å². The number of nitrogens with zero attached hydrogens (tertiary/aromatic N) is 4. The summed E-state index contributed by atoms with van der Waals surface area (Å²) in [6, 6.07) is 7.63. The van der Waals surface area contributed by atoms with Crippen LogP contribution in [-0.4, -0.2) is 31.0 Å². The number of hydrogen-bond donors (Lipinski definition) is 0. The monoisotopic (exact) mass is 456 g/mol. The summed E-state index contributed by atoms with van der Waals surface area (Å²) in [5, 5.41) is 0.314. The molecule has 1 amide bonds. The third kappa shape index (κ3) is 3.61. The van der Waals surface area contributed by atoms with Crippen LogP contribution in [0.1, 0.15) is 34.4 Å². The molecule has 1 aliphatic rings. The van der Waals surface area contributed by atoms with Gasteiger partial charge in [0.05, 0.1) is 24.1 Å². The van der Waals surface area contributed by atoms with Crippen molar-refractivity contribution in [2.45, 2.75) is 39.2 Å². The molecule has 0 radical (unpaired) electrons. The summed E-state index contributed by atoms with van der Waals surface area (Å²) in [7, 11) is 0. The molecule has 0 aliphatic carbocycles. The maximum atomic E-state index is 13.2. The third-order valence-corrected chi connectivity index (χ3v) is 5.82. The van der Waals surface area contributed by atoms with Crippen LogP contribution < -0.4 is 5.56 Å². The second kappa shape index (κ2) is 7.36. The van der Waals surface area contributed by atoms with Crippen LogP contribution in [0.4, 0.5) is 13.2 Å². The minimum atomic E-state index is -4.45. The summed E-state index contributed by atoms with van der Waals surface area (Å²) in [6.45, 7) is 3.98. The zero-order valence-electron chi connectivity index (χ0n) is 17.8. The standard InChI is InChI=1S/C23H19F3N4O3/c1-13-9-28(12-27-13)18-4-5-19-22(32)29(14(2)10-30(19)21(18)31)11-17-8-15-7-16(23(24,25)26)3-6-20(15)33-17/h3-9,12,14H,10-11H2,1-2H3/t14-/m1/s1. The summed E-state index contributed by atoms with van der Waals surface area (Å²) in [5.74, 6) is 0.0153. The summed E-state index contributed by atoms with van der Waals surface area (Å²) in [5.41, 5.74) is 0.655. The molecule has 0 saturated carbocycles. The Morgan fingerprint density at radius 2 is 1.94 bits per heavy atom. The first-order chi connectivity index (χ1) is 15.6. The number of amides is 1. The first-order valence-electron chi connectivity index (χ1n) is 10.3. The number of halogens is 3. The normalized spacial score (nSPS) is 16.5. The number of alkyl halides is 3. The van der Waals surface area contributed by atoms with Crippen LogP contribution in [0.15, 0.2) is 58.1 Å². The van der Waals surface area contributed by atoms with E-state index in [9.17, 15) is 22.8 Å². The van der Waals surface area contributed by atoms with Crippen molar-refractivity contribution in [2.24, 2.45) is 0 Å². The molecule has 1 atom stereocenters. The van der Waals surface area contributed by atoms with E-state index in [1.165, 1.54) is 16.7 Å². The average molecular weight is 456 g/mol. The number of carbonyl (C=O) groups excluding carboxylic acids is 1. The Morgan fingerprint density at radius 1 is 1.15 bits per heavy atom. The molecule has 3 aromatic heterocycles. The van der Waals surface area contributed by atoms with Crippen molar-refractivity contribution >= 4 is 16.9 Å². The number of benzene rings is 1. The van der Waals surface area contributed by atoms with Crippen molar-refractivity contribution in [1.82, 2.24) is 19.0 Å².